The summed E-state index contributed by atoms with van der Waals surface area (Å²) < 4.78 is 1.96. The Hall–Kier alpha value is -2.43. The minimum atomic E-state index is 0.259. The number of rotatable bonds is 1. The van der Waals surface area contributed by atoms with Crippen molar-refractivity contribution >= 4 is 16.7 Å². The van der Waals surface area contributed by atoms with Crippen LogP contribution in [-0.2, 0) is 7.05 Å². The highest BCUT2D eigenvalue weighted by Gasteiger charge is 2.10. The maximum atomic E-state index is 9.49. The Kier molecular flexibility index (Phi) is 1.89. The predicted molar refractivity (Wildman–Crippen MR) is 66.6 cm³/mol. The van der Waals surface area contributed by atoms with Crippen molar-refractivity contribution in [3.8, 4) is 17.0 Å². The van der Waals surface area contributed by atoms with E-state index in [4.69, 9.17) is 5.73 Å². The van der Waals surface area contributed by atoms with Gasteiger partial charge in [0.1, 0.15) is 11.6 Å². The molecule has 0 aliphatic rings. The number of hydrogen-bond donors (Lipinski definition) is 3. The number of nitrogens with two attached hydrogens (primary N) is 1. The molecule has 0 aliphatic heterocycles. The highest BCUT2D eigenvalue weighted by Crippen LogP contribution is 2.31. The summed E-state index contributed by atoms with van der Waals surface area (Å²) in [5.41, 5.74) is 8.46. The van der Waals surface area contributed by atoms with Crippen LogP contribution in [0.15, 0.2) is 30.5 Å². The molecule has 1 aromatic carbocycles. The van der Waals surface area contributed by atoms with Gasteiger partial charge in [-0.3, -0.25) is 5.10 Å². The van der Waals surface area contributed by atoms with E-state index in [-0.39, 0.29) is 5.75 Å². The Labute approximate surface area is 97.5 Å². The zero-order chi connectivity index (χ0) is 12.0. The van der Waals surface area contributed by atoms with E-state index in [2.05, 4.69) is 10.2 Å². The van der Waals surface area contributed by atoms with E-state index in [9.17, 15) is 5.11 Å². The van der Waals surface area contributed by atoms with Gasteiger partial charge in [0.2, 0.25) is 0 Å². The van der Waals surface area contributed by atoms with Crippen LogP contribution in [0.3, 0.4) is 0 Å². The summed E-state index contributed by atoms with van der Waals surface area (Å²) in [6.45, 7) is 0. The molecule has 0 unspecified atom stereocenters. The number of anilines is 1. The monoisotopic (exact) mass is 228 g/mol. The van der Waals surface area contributed by atoms with E-state index in [1.165, 1.54) is 0 Å². The summed E-state index contributed by atoms with van der Waals surface area (Å²) in [4.78, 5) is 0. The van der Waals surface area contributed by atoms with Gasteiger partial charge in [0.05, 0.1) is 11.2 Å². The average Bonchev–Trinajstić information content (AvgIpc) is 2.84. The second-order valence-corrected chi connectivity index (χ2v) is 4.06. The molecule has 2 aromatic heterocycles. The second kappa shape index (κ2) is 3.28. The molecule has 0 saturated carbocycles. The first-order chi connectivity index (χ1) is 8.15. The maximum Gasteiger partial charge on any atom is 0.145 e. The summed E-state index contributed by atoms with van der Waals surface area (Å²) >= 11 is 0. The Balaban J connectivity index is 2.31. The fraction of sp³-hybridized carbons (Fsp3) is 0.0833. The van der Waals surface area contributed by atoms with Gasteiger partial charge in [-0.2, -0.15) is 5.10 Å². The number of phenolic OH excluding ortho intramolecular Hbond substituents is 1. The van der Waals surface area contributed by atoms with Crippen LogP contribution in [0.25, 0.3) is 22.2 Å². The summed E-state index contributed by atoms with van der Waals surface area (Å²) in [6, 6.07) is 7.09. The van der Waals surface area contributed by atoms with Crippen LogP contribution in [0.5, 0.6) is 5.75 Å². The number of aromatic hydroxyl groups is 1. The van der Waals surface area contributed by atoms with Crippen LogP contribution in [0.4, 0.5) is 5.82 Å². The first kappa shape index (κ1) is 9.77. The average molecular weight is 228 g/mol. The van der Waals surface area contributed by atoms with Crippen LogP contribution in [0.1, 0.15) is 0 Å². The molecule has 4 N–H and O–H groups in total. The lowest BCUT2D eigenvalue weighted by Crippen LogP contribution is -1.82. The van der Waals surface area contributed by atoms with Crippen molar-refractivity contribution in [1.82, 2.24) is 14.8 Å². The molecule has 0 saturated heterocycles. The molecule has 0 atom stereocenters. The van der Waals surface area contributed by atoms with Gasteiger partial charge in [0.15, 0.2) is 0 Å². The molecule has 0 aliphatic carbocycles. The van der Waals surface area contributed by atoms with E-state index in [1.807, 2.05) is 23.9 Å². The largest absolute Gasteiger partial charge is 0.508 e. The molecule has 0 spiro atoms. The molecule has 5 nitrogen and oxygen atoms in total. The number of nitrogens with one attached hydrogen (secondary N) is 1. The van der Waals surface area contributed by atoms with Crippen LogP contribution in [-0.4, -0.2) is 19.9 Å². The van der Waals surface area contributed by atoms with Crippen molar-refractivity contribution in [3.63, 3.8) is 0 Å². The van der Waals surface area contributed by atoms with Gasteiger partial charge >= 0.3 is 0 Å². The Bertz CT molecular complexity index is 696. The molecule has 0 radical (unpaired) electrons. The number of benzene rings is 1. The summed E-state index contributed by atoms with van der Waals surface area (Å²) in [5.74, 6) is 0.727. The number of nitrogens with zero attached hydrogens (tertiary/aromatic N) is 2. The van der Waals surface area contributed by atoms with Gasteiger partial charge < -0.3 is 15.4 Å². The fourth-order valence-corrected chi connectivity index (χ4v) is 2.06. The smallest absolute Gasteiger partial charge is 0.145 e. The molecule has 3 rings (SSSR count). The number of fused-ring (bicyclic) bond motifs is 1. The molecule has 0 fully saturated rings. The van der Waals surface area contributed by atoms with Gasteiger partial charge in [-0.15, -0.1) is 0 Å². The first-order valence-corrected chi connectivity index (χ1v) is 5.24. The second-order valence-electron chi connectivity index (χ2n) is 4.06. The molecule has 0 amide bonds. The number of phenols is 1. The van der Waals surface area contributed by atoms with Gasteiger partial charge in [0, 0.05) is 36.3 Å². The Morgan fingerprint density at radius 2 is 2.18 bits per heavy atom. The van der Waals surface area contributed by atoms with Crippen LogP contribution in [0, 0.1) is 0 Å². The van der Waals surface area contributed by atoms with Crippen molar-refractivity contribution in [2.45, 2.75) is 0 Å². The van der Waals surface area contributed by atoms with Gasteiger partial charge in [-0.25, -0.2) is 0 Å². The number of H-pyrrole nitrogens is 1. The number of nitrogen functional groups attached to an aromatic ring is 1. The summed E-state index contributed by atoms with van der Waals surface area (Å²) in [6.07, 6.45) is 1.98. The minimum Gasteiger partial charge on any atom is -0.508 e. The minimum absolute atomic E-state index is 0.259. The Morgan fingerprint density at radius 1 is 1.35 bits per heavy atom. The topological polar surface area (TPSA) is 79.9 Å². The highest BCUT2D eigenvalue weighted by molar-refractivity contribution is 5.96. The van der Waals surface area contributed by atoms with E-state index in [0.717, 1.165) is 22.2 Å². The van der Waals surface area contributed by atoms with Crippen LogP contribution >= 0.6 is 0 Å². The zero-order valence-electron chi connectivity index (χ0n) is 9.31. The number of aryl methyl sites for hydroxylation is 1. The highest BCUT2D eigenvalue weighted by atomic mass is 16.3. The normalized spacial score (nSPS) is 11.1. The third kappa shape index (κ3) is 1.44. The molecule has 0 bridgehead atoms. The molecule has 86 valence electrons. The van der Waals surface area contributed by atoms with Crippen molar-refractivity contribution < 1.29 is 5.11 Å². The first-order valence-electron chi connectivity index (χ1n) is 5.24. The van der Waals surface area contributed by atoms with E-state index < -0.39 is 0 Å². The van der Waals surface area contributed by atoms with E-state index in [1.54, 1.807) is 18.2 Å². The van der Waals surface area contributed by atoms with Gasteiger partial charge in [0.25, 0.3) is 0 Å². The van der Waals surface area contributed by atoms with Crippen molar-refractivity contribution in [3.05, 3.63) is 30.5 Å². The Morgan fingerprint density at radius 3 is 2.88 bits per heavy atom. The third-order valence-electron chi connectivity index (χ3n) is 2.86. The van der Waals surface area contributed by atoms with E-state index >= 15 is 0 Å². The SMILES string of the molecule is Cn1cc(-c2cc(N)n[nH]2)c2ccc(O)cc21. The summed E-state index contributed by atoms with van der Waals surface area (Å²) in [7, 11) is 1.94. The van der Waals surface area contributed by atoms with Gasteiger partial charge in [-0.05, 0) is 12.1 Å². The van der Waals surface area contributed by atoms with Crippen molar-refractivity contribution in [2.24, 2.45) is 7.05 Å². The lowest BCUT2D eigenvalue weighted by Gasteiger charge is -1.97. The number of aromatic amines is 1. The molecular formula is C12H12N4O. The lowest BCUT2D eigenvalue weighted by atomic mass is 10.1. The molecule has 2 heterocycles. The molecule has 17 heavy (non-hydrogen) atoms. The number of hydrogen-bond acceptors (Lipinski definition) is 3. The van der Waals surface area contributed by atoms with E-state index in [0.29, 0.717) is 5.82 Å². The van der Waals surface area contributed by atoms with Crippen molar-refractivity contribution in [2.75, 3.05) is 5.73 Å². The lowest BCUT2D eigenvalue weighted by molar-refractivity contribution is 0.476. The number of aromatic nitrogens is 3. The molecular weight excluding hydrogens is 216 g/mol. The van der Waals surface area contributed by atoms with Gasteiger partial charge in [-0.1, -0.05) is 0 Å². The standard InChI is InChI=1S/C12H12N4O/c1-16-6-9(10-5-12(13)15-14-10)8-3-2-7(17)4-11(8)16/h2-6,17H,1H3,(H3,13,14,15). The van der Waals surface area contributed by atoms with Crippen LogP contribution < -0.4 is 5.73 Å². The summed E-state index contributed by atoms with van der Waals surface area (Å²) in [5, 5.41) is 17.3. The molecule has 3 aromatic rings. The van der Waals surface area contributed by atoms with Crippen molar-refractivity contribution in [1.29, 1.82) is 0 Å². The zero-order valence-corrected chi connectivity index (χ0v) is 9.31. The molecule has 5 heteroatoms. The quantitative estimate of drug-likeness (QED) is 0.594. The predicted octanol–water partition coefficient (Wildman–Crippen LogP) is 1.86. The third-order valence-corrected chi connectivity index (χ3v) is 2.86. The fourth-order valence-electron chi connectivity index (χ4n) is 2.06. The maximum absolute atomic E-state index is 9.49. The van der Waals surface area contributed by atoms with Crippen LogP contribution in [0.2, 0.25) is 0 Å².